The topological polar surface area (TPSA) is 12.5 Å². The quantitative estimate of drug-likeness (QED) is 0.413. The molecule has 90 valence electrons. The van der Waals surface area contributed by atoms with Gasteiger partial charge >= 0.3 is 0 Å². The summed E-state index contributed by atoms with van der Waals surface area (Å²) < 4.78 is 5.84. The van der Waals surface area contributed by atoms with Crippen molar-refractivity contribution < 1.29 is 4.74 Å². The minimum absolute atomic E-state index is 0.0238. The number of ether oxygens (including phenoxy) is 1. The molecule has 2 heteroatoms. The zero-order valence-corrected chi connectivity index (χ0v) is 11.9. The highest BCUT2D eigenvalue weighted by atomic mass is 28.3. The smallest absolute Gasteiger partial charge is 0.154 e. The maximum atomic E-state index is 5.84. The van der Waals surface area contributed by atoms with Crippen LogP contribution in [-0.4, -0.2) is 19.8 Å². The van der Waals surface area contributed by atoms with E-state index in [-0.39, 0.29) is 5.60 Å². The molecular weight excluding hydrogens is 212 g/mol. The van der Waals surface area contributed by atoms with Gasteiger partial charge in [0.1, 0.15) is 8.07 Å². The fourth-order valence-corrected chi connectivity index (χ4v) is 5.38. The fourth-order valence-electron chi connectivity index (χ4n) is 2.88. The second-order valence-corrected chi connectivity index (χ2v) is 10.3. The van der Waals surface area contributed by atoms with E-state index in [9.17, 15) is 0 Å². The molecule has 1 aliphatic heterocycles. The zero-order chi connectivity index (χ0) is 11.6. The molecule has 0 aromatic heterocycles. The zero-order valence-electron chi connectivity index (χ0n) is 10.9. The van der Waals surface area contributed by atoms with Gasteiger partial charge < -0.3 is 4.74 Å². The largest absolute Gasteiger partial charge is 0.352 e. The SMILES string of the molecule is CC[Si](C#C[C@]12CCCC[C@H]1O2)(CC)CC. The Morgan fingerprint density at radius 3 is 2.44 bits per heavy atom. The molecule has 0 radical (unpaired) electrons. The minimum atomic E-state index is -1.26. The van der Waals surface area contributed by atoms with Crippen molar-refractivity contribution >= 4 is 8.07 Å². The van der Waals surface area contributed by atoms with Crippen LogP contribution < -0.4 is 0 Å². The first-order valence-electron chi connectivity index (χ1n) is 6.92. The highest BCUT2D eigenvalue weighted by Crippen LogP contribution is 2.47. The van der Waals surface area contributed by atoms with Gasteiger partial charge in [-0.3, -0.25) is 0 Å². The highest BCUT2D eigenvalue weighted by molar-refractivity contribution is 6.87. The van der Waals surface area contributed by atoms with E-state index in [1.165, 1.54) is 43.8 Å². The van der Waals surface area contributed by atoms with Gasteiger partial charge in [0.15, 0.2) is 5.60 Å². The maximum absolute atomic E-state index is 5.84. The fraction of sp³-hybridized carbons (Fsp3) is 0.857. The third-order valence-corrected chi connectivity index (χ3v) is 9.37. The van der Waals surface area contributed by atoms with Crippen molar-refractivity contribution in [3.63, 3.8) is 0 Å². The van der Waals surface area contributed by atoms with Gasteiger partial charge in [0, 0.05) is 0 Å². The molecule has 0 aromatic carbocycles. The van der Waals surface area contributed by atoms with Gasteiger partial charge in [0.05, 0.1) is 6.10 Å². The molecule has 2 rings (SSSR count). The summed E-state index contributed by atoms with van der Waals surface area (Å²) in [6, 6.07) is 3.90. The lowest BCUT2D eigenvalue weighted by Gasteiger charge is -2.21. The normalized spacial score (nSPS) is 32.6. The van der Waals surface area contributed by atoms with Crippen molar-refractivity contribution in [3.05, 3.63) is 0 Å². The van der Waals surface area contributed by atoms with Crippen molar-refractivity contribution in [2.75, 3.05) is 0 Å². The first-order valence-corrected chi connectivity index (χ1v) is 9.54. The van der Waals surface area contributed by atoms with Crippen molar-refractivity contribution in [2.45, 2.75) is 76.3 Å². The van der Waals surface area contributed by atoms with Crippen molar-refractivity contribution in [2.24, 2.45) is 0 Å². The standard InChI is InChI=1S/C14H24OSi/c1-4-16(5-2,6-3)12-11-14-10-8-7-9-13(14)15-14/h13H,4-10H2,1-3H3/t13-,14-/m1/s1. The van der Waals surface area contributed by atoms with E-state index in [4.69, 9.17) is 4.74 Å². The summed E-state index contributed by atoms with van der Waals surface area (Å²) in [7, 11) is -1.26. The summed E-state index contributed by atoms with van der Waals surface area (Å²) in [5, 5.41) is 0. The Labute approximate surface area is 101 Å². The molecule has 1 saturated heterocycles. The first kappa shape index (κ1) is 12.2. The molecule has 2 fully saturated rings. The van der Waals surface area contributed by atoms with Crippen LogP contribution in [0, 0.1) is 11.5 Å². The molecule has 0 bridgehead atoms. The van der Waals surface area contributed by atoms with Crippen LogP contribution >= 0.6 is 0 Å². The predicted octanol–water partition coefficient (Wildman–Crippen LogP) is 3.75. The molecule has 1 heterocycles. The summed E-state index contributed by atoms with van der Waals surface area (Å²) >= 11 is 0. The Kier molecular flexibility index (Phi) is 3.47. The molecule has 16 heavy (non-hydrogen) atoms. The molecule has 1 nitrogen and oxygen atoms in total. The molecule has 0 spiro atoms. The van der Waals surface area contributed by atoms with Gasteiger partial charge in [-0.15, -0.1) is 5.54 Å². The van der Waals surface area contributed by atoms with Crippen LogP contribution in [-0.2, 0) is 4.74 Å². The number of rotatable bonds is 3. The third kappa shape index (κ3) is 2.08. The van der Waals surface area contributed by atoms with E-state index in [0.717, 1.165) is 0 Å². The van der Waals surface area contributed by atoms with Crippen molar-refractivity contribution in [1.29, 1.82) is 0 Å². The molecule has 0 N–H and O–H groups in total. The van der Waals surface area contributed by atoms with E-state index >= 15 is 0 Å². The first-order chi connectivity index (χ1) is 7.70. The van der Waals surface area contributed by atoms with E-state index < -0.39 is 8.07 Å². The van der Waals surface area contributed by atoms with Crippen LogP contribution in [0.5, 0.6) is 0 Å². The Morgan fingerprint density at radius 1 is 1.19 bits per heavy atom. The summed E-state index contributed by atoms with van der Waals surface area (Å²) in [6.07, 6.45) is 5.57. The molecule has 1 saturated carbocycles. The lowest BCUT2D eigenvalue weighted by Crippen LogP contribution is -2.30. The van der Waals surface area contributed by atoms with Gasteiger partial charge in [-0.05, 0) is 37.4 Å². The Bertz CT molecular complexity index is 302. The lowest BCUT2D eigenvalue weighted by atomic mass is 9.90. The Hall–Kier alpha value is -0.263. The lowest BCUT2D eigenvalue weighted by molar-refractivity contribution is 0.336. The van der Waals surface area contributed by atoms with Crippen LogP contribution in [0.3, 0.4) is 0 Å². The number of hydrogen-bond donors (Lipinski definition) is 0. The summed E-state index contributed by atoms with van der Waals surface area (Å²) in [5.41, 5.74) is 3.72. The van der Waals surface area contributed by atoms with Crippen LogP contribution in [0.2, 0.25) is 18.1 Å². The summed E-state index contributed by atoms with van der Waals surface area (Å²) in [4.78, 5) is 0. The highest BCUT2D eigenvalue weighted by Gasteiger charge is 2.56. The average molecular weight is 236 g/mol. The van der Waals surface area contributed by atoms with E-state index in [0.29, 0.717) is 6.10 Å². The Morgan fingerprint density at radius 2 is 1.88 bits per heavy atom. The number of epoxide rings is 1. The number of hydrogen-bond acceptors (Lipinski definition) is 1. The van der Waals surface area contributed by atoms with Gasteiger partial charge in [-0.1, -0.05) is 33.1 Å². The van der Waals surface area contributed by atoms with Crippen molar-refractivity contribution in [3.8, 4) is 11.5 Å². The average Bonchev–Trinajstić information content (AvgIpc) is 3.06. The molecule has 0 unspecified atom stereocenters. The Balaban J connectivity index is 2.09. The number of fused-ring (bicyclic) bond motifs is 1. The van der Waals surface area contributed by atoms with E-state index in [2.05, 4.69) is 32.2 Å². The molecule has 0 amide bonds. The van der Waals surface area contributed by atoms with Gasteiger partial charge in [0.25, 0.3) is 0 Å². The van der Waals surface area contributed by atoms with Crippen LogP contribution in [0.1, 0.15) is 46.5 Å². The maximum Gasteiger partial charge on any atom is 0.154 e. The van der Waals surface area contributed by atoms with Crippen molar-refractivity contribution in [1.82, 2.24) is 0 Å². The predicted molar refractivity (Wildman–Crippen MR) is 71.0 cm³/mol. The van der Waals surface area contributed by atoms with E-state index in [1.807, 2.05) is 0 Å². The van der Waals surface area contributed by atoms with Gasteiger partial charge in [0.2, 0.25) is 0 Å². The van der Waals surface area contributed by atoms with Crippen LogP contribution in [0.25, 0.3) is 0 Å². The molecule has 2 atom stereocenters. The minimum Gasteiger partial charge on any atom is -0.352 e. The van der Waals surface area contributed by atoms with Gasteiger partial charge in [-0.2, -0.15) is 0 Å². The molecular formula is C14H24OSi. The summed E-state index contributed by atoms with van der Waals surface area (Å²) in [6.45, 7) is 6.95. The summed E-state index contributed by atoms with van der Waals surface area (Å²) in [5.74, 6) is 3.56. The van der Waals surface area contributed by atoms with Gasteiger partial charge in [-0.25, -0.2) is 0 Å². The monoisotopic (exact) mass is 236 g/mol. The van der Waals surface area contributed by atoms with Crippen LogP contribution in [0.15, 0.2) is 0 Å². The molecule has 1 aliphatic carbocycles. The second kappa shape index (κ2) is 4.54. The third-order valence-electron chi connectivity index (χ3n) is 4.65. The van der Waals surface area contributed by atoms with Crippen LogP contribution in [0.4, 0.5) is 0 Å². The second-order valence-electron chi connectivity index (χ2n) is 5.33. The molecule has 2 aliphatic rings. The van der Waals surface area contributed by atoms with E-state index in [1.54, 1.807) is 0 Å². The molecule has 0 aromatic rings.